The van der Waals surface area contributed by atoms with Crippen LogP contribution in [0.2, 0.25) is 0 Å². The minimum atomic E-state index is -0.387. The van der Waals surface area contributed by atoms with Crippen LogP contribution in [0.1, 0.15) is 24.2 Å². The number of rotatable bonds is 9. The van der Waals surface area contributed by atoms with Crippen molar-refractivity contribution < 1.29 is 19.1 Å². The average molecular weight is 441 g/mol. The lowest BCUT2D eigenvalue weighted by atomic mass is 10.2. The fourth-order valence-electron chi connectivity index (χ4n) is 2.87. The molecule has 0 aliphatic carbocycles. The summed E-state index contributed by atoms with van der Waals surface area (Å²) in [5.74, 6) is 1.13. The number of anilines is 1. The molecule has 0 spiro atoms. The van der Waals surface area contributed by atoms with E-state index < -0.39 is 0 Å². The second-order valence-electron chi connectivity index (χ2n) is 6.41. The van der Waals surface area contributed by atoms with E-state index in [9.17, 15) is 9.59 Å². The van der Waals surface area contributed by atoms with Crippen LogP contribution in [0.15, 0.2) is 53.7 Å². The topological polar surface area (TPSA) is 95.3 Å². The molecule has 0 fully saturated rings. The van der Waals surface area contributed by atoms with Crippen molar-refractivity contribution >= 4 is 29.3 Å². The highest BCUT2D eigenvalue weighted by Gasteiger charge is 2.15. The Balaban J connectivity index is 1.61. The van der Waals surface area contributed by atoms with Gasteiger partial charge in [-0.3, -0.25) is 4.79 Å². The molecule has 8 nitrogen and oxygen atoms in total. The Morgan fingerprint density at radius 3 is 2.35 bits per heavy atom. The fourth-order valence-corrected chi connectivity index (χ4v) is 3.67. The van der Waals surface area contributed by atoms with Crippen molar-refractivity contribution in [3.05, 3.63) is 54.1 Å². The van der Waals surface area contributed by atoms with Crippen LogP contribution in [0.4, 0.5) is 5.69 Å². The Morgan fingerprint density at radius 1 is 1.03 bits per heavy atom. The van der Waals surface area contributed by atoms with Gasteiger partial charge in [0.25, 0.3) is 0 Å². The first-order valence-electron chi connectivity index (χ1n) is 9.83. The maximum atomic E-state index is 12.4. The standard InChI is InChI=1S/C22H24N4O4S/c1-4-26-20(15-8-12-18(29-3)13-9-15)24-25-22(26)31-14-19(27)23-17-10-6-16(7-11-17)21(28)30-5-2/h6-13H,4-5,14H2,1-3H3,(H,23,27). The van der Waals surface area contributed by atoms with E-state index in [2.05, 4.69) is 15.5 Å². The molecule has 0 radical (unpaired) electrons. The number of nitrogens with one attached hydrogen (secondary N) is 1. The van der Waals surface area contributed by atoms with Gasteiger partial charge >= 0.3 is 5.97 Å². The van der Waals surface area contributed by atoms with Crippen LogP contribution in [0.5, 0.6) is 5.75 Å². The van der Waals surface area contributed by atoms with Gasteiger partial charge in [0.1, 0.15) is 5.75 Å². The van der Waals surface area contributed by atoms with E-state index in [0.29, 0.717) is 29.6 Å². The van der Waals surface area contributed by atoms with Gasteiger partial charge in [0.2, 0.25) is 5.91 Å². The Hall–Kier alpha value is -3.33. The smallest absolute Gasteiger partial charge is 0.338 e. The van der Waals surface area contributed by atoms with Gasteiger partial charge in [-0.25, -0.2) is 4.79 Å². The number of carbonyl (C=O) groups excluding carboxylic acids is 2. The Morgan fingerprint density at radius 2 is 1.74 bits per heavy atom. The highest BCUT2D eigenvalue weighted by molar-refractivity contribution is 7.99. The van der Waals surface area contributed by atoms with E-state index in [-0.39, 0.29) is 17.6 Å². The zero-order chi connectivity index (χ0) is 22.2. The monoisotopic (exact) mass is 440 g/mol. The molecule has 1 amide bonds. The molecule has 3 rings (SSSR count). The van der Waals surface area contributed by atoms with Crippen molar-refractivity contribution in [1.29, 1.82) is 0 Å². The molecule has 0 aliphatic heterocycles. The van der Waals surface area contributed by atoms with E-state index in [1.165, 1.54) is 11.8 Å². The van der Waals surface area contributed by atoms with Crippen LogP contribution < -0.4 is 10.1 Å². The number of carbonyl (C=O) groups is 2. The summed E-state index contributed by atoms with van der Waals surface area (Å²) in [4.78, 5) is 24.1. The number of benzene rings is 2. The SMILES string of the molecule is CCOC(=O)c1ccc(NC(=O)CSc2nnc(-c3ccc(OC)cc3)n2CC)cc1. The number of hydrogen-bond acceptors (Lipinski definition) is 7. The molecule has 0 aliphatic rings. The normalized spacial score (nSPS) is 10.5. The number of nitrogens with zero attached hydrogens (tertiary/aromatic N) is 3. The highest BCUT2D eigenvalue weighted by atomic mass is 32.2. The highest BCUT2D eigenvalue weighted by Crippen LogP contribution is 2.25. The molecular formula is C22H24N4O4S. The number of aromatic nitrogens is 3. The zero-order valence-corrected chi connectivity index (χ0v) is 18.4. The van der Waals surface area contributed by atoms with Gasteiger partial charge in [-0.2, -0.15) is 0 Å². The van der Waals surface area contributed by atoms with Gasteiger partial charge in [-0.1, -0.05) is 11.8 Å². The first-order chi connectivity index (χ1) is 15.0. The number of amides is 1. The van der Waals surface area contributed by atoms with E-state index in [1.807, 2.05) is 35.8 Å². The predicted molar refractivity (Wildman–Crippen MR) is 119 cm³/mol. The van der Waals surface area contributed by atoms with Gasteiger partial charge in [0.05, 0.1) is 25.0 Å². The molecule has 1 N–H and O–H groups in total. The van der Waals surface area contributed by atoms with Crippen LogP contribution in [0.25, 0.3) is 11.4 Å². The van der Waals surface area contributed by atoms with Crippen molar-refractivity contribution in [2.45, 2.75) is 25.5 Å². The summed E-state index contributed by atoms with van der Waals surface area (Å²) in [7, 11) is 1.62. The number of thioether (sulfide) groups is 1. The van der Waals surface area contributed by atoms with Gasteiger partial charge in [0, 0.05) is 17.8 Å². The maximum absolute atomic E-state index is 12.4. The van der Waals surface area contributed by atoms with Gasteiger partial charge in [-0.15, -0.1) is 10.2 Å². The molecule has 162 valence electrons. The molecule has 3 aromatic rings. The quantitative estimate of drug-likeness (QED) is 0.398. The minimum absolute atomic E-state index is 0.175. The molecule has 0 atom stereocenters. The van der Waals surface area contributed by atoms with Crippen LogP contribution in [-0.4, -0.2) is 46.1 Å². The van der Waals surface area contributed by atoms with Gasteiger partial charge in [0.15, 0.2) is 11.0 Å². The lowest BCUT2D eigenvalue weighted by Crippen LogP contribution is -2.15. The third kappa shape index (κ3) is 5.64. The molecule has 0 saturated heterocycles. The largest absolute Gasteiger partial charge is 0.497 e. The molecule has 9 heteroatoms. The molecule has 0 unspecified atom stereocenters. The zero-order valence-electron chi connectivity index (χ0n) is 17.6. The second-order valence-corrected chi connectivity index (χ2v) is 7.36. The summed E-state index contributed by atoms with van der Waals surface area (Å²) in [5, 5.41) is 12.0. The van der Waals surface area contributed by atoms with Crippen LogP contribution >= 0.6 is 11.8 Å². The van der Waals surface area contributed by atoms with Crippen LogP contribution in [0, 0.1) is 0 Å². The Labute approximate surface area is 185 Å². The summed E-state index contributed by atoms with van der Waals surface area (Å²) in [5.41, 5.74) is 1.97. The van der Waals surface area contributed by atoms with Crippen molar-refractivity contribution in [2.75, 3.05) is 24.8 Å². The number of hydrogen-bond donors (Lipinski definition) is 1. The Bertz CT molecular complexity index is 1030. The molecule has 2 aromatic carbocycles. The minimum Gasteiger partial charge on any atom is -0.497 e. The first kappa shape index (κ1) is 22.4. The van der Waals surface area contributed by atoms with E-state index in [4.69, 9.17) is 9.47 Å². The number of ether oxygens (including phenoxy) is 2. The summed E-state index contributed by atoms with van der Waals surface area (Å²) in [6.45, 7) is 4.75. The van der Waals surface area contributed by atoms with Crippen molar-refractivity contribution in [2.24, 2.45) is 0 Å². The summed E-state index contributed by atoms with van der Waals surface area (Å²) in [6, 6.07) is 14.2. The maximum Gasteiger partial charge on any atom is 0.338 e. The number of methoxy groups -OCH3 is 1. The van der Waals surface area contributed by atoms with Crippen LogP contribution in [0.3, 0.4) is 0 Å². The molecule has 1 aromatic heterocycles. The molecule has 31 heavy (non-hydrogen) atoms. The van der Waals surface area contributed by atoms with Crippen molar-refractivity contribution in [1.82, 2.24) is 14.8 Å². The lowest BCUT2D eigenvalue weighted by Gasteiger charge is -2.09. The molecular weight excluding hydrogens is 416 g/mol. The average Bonchev–Trinajstić information content (AvgIpc) is 3.21. The van der Waals surface area contributed by atoms with E-state index in [1.54, 1.807) is 38.3 Å². The number of esters is 1. The summed E-state index contributed by atoms with van der Waals surface area (Å²) in [6.07, 6.45) is 0. The van der Waals surface area contributed by atoms with E-state index >= 15 is 0 Å². The summed E-state index contributed by atoms with van der Waals surface area (Å²) >= 11 is 1.32. The Kier molecular flexibility index (Phi) is 7.66. The second kappa shape index (κ2) is 10.6. The molecule has 0 saturated carbocycles. The fraction of sp³-hybridized carbons (Fsp3) is 0.273. The first-order valence-corrected chi connectivity index (χ1v) is 10.8. The summed E-state index contributed by atoms with van der Waals surface area (Å²) < 4.78 is 12.1. The van der Waals surface area contributed by atoms with Crippen molar-refractivity contribution in [3.63, 3.8) is 0 Å². The van der Waals surface area contributed by atoms with Gasteiger partial charge < -0.3 is 19.4 Å². The predicted octanol–water partition coefficient (Wildman–Crippen LogP) is 3.88. The van der Waals surface area contributed by atoms with Crippen LogP contribution in [-0.2, 0) is 16.1 Å². The van der Waals surface area contributed by atoms with E-state index in [0.717, 1.165) is 17.1 Å². The lowest BCUT2D eigenvalue weighted by molar-refractivity contribution is -0.113. The van der Waals surface area contributed by atoms with Crippen molar-refractivity contribution in [3.8, 4) is 17.1 Å². The molecule has 1 heterocycles. The van der Waals surface area contributed by atoms with Gasteiger partial charge in [-0.05, 0) is 62.4 Å². The third-order valence-corrected chi connectivity index (χ3v) is 5.36. The third-order valence-electron chi connectivity index (χ3n) is 4.39. The molecule has 0 bridgehead atoms.